The van der Waals surface area contributed by atoms with Crippen LogP contribution in [0.1, 0.15) is 57.6 Å². The number of piperidine rings is 2. The van der Waals surface area contributed by atoms with Crippen LogP contribution in [0.3, 0.4) is 0 Å². The summed E-state index contributed by atoms with van der Waals surface area (Å²) in [7, 11) is 2.27. The number of nitrogens with zero attached hydrogens (tertiary/aromatic N) is 4. The van der Waals surface area contributed by atoms with Crippen molar-refractivity contribution in [3.05, 3.63) is 28.4 Å². The van der Waals surface area contributed by atoms with Crippen LogP contribution in [0.5, 0.6) is 0 Å². The Labute approximate surface area is 152 Å². The summed E-state index contributed by atoms with van der Waals surface area (Å²) >= 11 is 0. The minimum atomic E-state index is 0.102. The number of aromatic nitrogens is 2. The molecule has 140 valence electrons. The molecule has 2 fully saturated rings. The lowest BCUT2D eigenvalue weighted by Crippen LogP contribution is -2.47. The van der Waals surface area contributed by atoms with E-state index in [0.717, 1.165) is 18.3 Å². The fourth-order valence-electron chi connectivity index (χ4n) is 4.20. The maximum atomic E-state index is 12.3. The molecule has 2 saturated heterocycles. The van der Waals surface area contributed by atoms with Gasteiger partial charge in [-0.05, 0) is 64.2 Å². The van der Waals surface area contributed by atoms with Gasteiger partial charge in [0.25, 0.3) is 5.56 Å². The van der Waals surface area contributed by atoms with Crippen LogP contribution in [0.2, 0.25) is 0 Å². The van der Waals surface area contributed by atoms with E-state index in [2.05, 4.69) is 35.7 Å². The monoisotopic (exact) mass is 346 g/mol. The molecule has 0 aromatic carbocycles. The van der Waals surface area contributed by atoms with Crippen LogP contribution in [0, 0.1) is 5.92 Å². The van der Waals surface area contributed by atoms with Crippen molar-refractivity contribution in [3.63, 3.8) is 0 Å². The van der Waals surface area contributed by atoms with Crippen LogP contribution < -0.4 is 5.56 Å². The first-order chi connectivity index (χ1) is 12.0. The first kappa shape index (κ1) is 18.6. The van der Waals surface area contributed by atoms with E-state index in [-0.39, 0.29) is 5.56 Å². The summed E-state index contributed by atoms with van der Waals surface area (Å²) in [6.07, 6.45) is 8.21. The second-order valence-corrected chi connectivity index (χ2v) is 8.33. The summed E-state index contributed by atoms with van der Waals surface area (Å²) in [6, 6.07) is 2.44. The largest absolute Gasteiger partial charge is 0.302 e. The van der Waals surface area contributed by atoms with Crippen LogP contribution in [0.15, 0.2) is 17.2 Å². The van der Waals surface area contributed by atoms with Crippen LogP contribution in [0.4, 0.5) is 0 Å². The second kappa shape index (κ2) is 8.45. The fourth-order valence-corrected chi connectivity index (χ4v) is 4.20. The van der Waals surface area contributed by atoms with Gasteiger partial charge in [-0.1, -0.05) is 20.3 Å². The molecule has 2 aliphatic rings. The molecule has 0 amide bonds. The molecule has 3 rings (SSSR count). The summed E-state index contributed by atoms with van der Waals surface area (Å²) in [5.74, 6) is 0.910. The highest BCUT2D eigenvalue weighted by Gasteiger charge is 2.25. The lowest BCUT2D eigenvalue weighted by atomic mass is 9.95. The van der Waals surface area contributed by atoms with E-state index in [0.29, 0.717) is 11.8 Å². The molecule has 1 aromatic heterocycles. The standard InChI is InChI=1S/C20H34N4O/c1-16(2)19-12-20(25)24(15-21-19)13-17-7-10-23(11-8-17)14-18-6-4-5-9-22(18)3/h12,15-18H,4-11,13-14H2,1-3H3. The van der Waals surface area contributed by atoms with Crippen LogP contribution >= 0.6 is 0 Å². The van der Waals surface area contributed by atoms with Gasteiger partial charge in [0, 0.05) is 25.2 Å². The average molecular weight is 347 g/mol. The van der Waals surface area contributed by atoms with Crippen molar-refractivity contribution in [2.75, 3.05) is 33.2 Å². The Morgan fingerprint density at radius 3 is 2.52 bits per heavy atom. The SMILES string of the molecule is CC(C)c1cc(=O)n(CC2CCN(CC3CCCCN3C)CC2)cn1. The maximum Gasteiger partial charge on any atom is 0.253 e. The van der Waals surface area contributed by atoms with E-state index in [4.69, 9.17) is 0 Å². The van der Waals surface area contributed by atoms with Crippen molar-refractivity contribution in [2.24, 2.45) is 5.92 Å². The van der Waals surface area contributed by atoms with Crippen LogP contribution in [0.25, 0.3) is 0 Å². The van der Waals surface area contributed by atoms with Gasteiger partial charge in [0.1, 0.15) is 0 Å². The van der Waals surface area contributed by atoms with E-state index in [1.165, 1.54) is 58.3 Å². The maximum absolute atomic E-state index is 12.3. The van der Waals surface area contributed by atoms with E-state index in [1.807, 2.05) is 0 Å². The predicted molar refractivity (Wildman–Crippen MR) is 102 cm³/mol. The number of rotatable bonds is 5. The zero-order valence-corrected chi connectivity index (χ0v) is 16.2. The number of hydrogen-bond acceptors (Lipinski definition) is 4. The van der Waals surface area contributed by atoms with Gasteiger partial charge >= 0.3 is 0 Å². The third kappa shape index (κ3) is 4.91. The van der Waals surface area contributed by atoms with Gasteiger partial charge in [0.15, 0.2) is 0 Å². The van der Waals surface area contributed by atoms with Crippen molar-refractivity contribution in [3.8, 4) is 0 Å². The van der Waals surface area contributed by atoms with Crippen molar-refractivity contribution in [1.82, 2.24) is 19.4 Å². The number of likely N-dealkylation sites (N-methyl/N-ethyl adjacent to an activating group) is 1. The van der Waals surface area contributed by atoms with Crippen molar-refractivity contribution in [1.29, 1.82) is 0 Å². The Morgan fingerprint density at radius 2 is 1.88 bits per heavy atom. The summed E-state index contributed by atoms with van der Waals surface area (Å²) in [5.41, 5.74) is 0.998. The molecule has 1 unspecified atom stereocenters. The lowest BCUT2D eigenvalue weighted by molar-refractivity contribution is 0.100. The minimum Gasteiger partial charge on any atom is -0.302 e. The van der Waals surface area contributed by atoms with Gasteiger partial charge < -0.3 is 9.80 Å². The number of hydrogen-bond donors (Lipinski definition) is 0. The summed E-state index contributed by atoms with van der Waals surface area (Å²) in [4.78, 5) is 21.9. The summed E-state index contributed by atoms with van der Waals surface area (Å²) < 4.78 is 1.81. The van der Waals surface area contributed by atoms with Gasteiger partial charge in [-0.3, -0.25) is 9.36 Å². The second-order valence-electron chi connectivity index (χ2n) is 8.33. The molecule has 0 aliphatic carbocycles. The Kier molecular flexibility index (Phi) is 6.29. The molecule has 3 heterocycles. The summed E-state index contributed by atoms with van der Waals surface area (Å²) in [6.45, 7) is 9.78. The van der Waals surface area contributed by atoms with Crippen LogP contribution in [-0.2, 0) is 6.54 Å². The van der Waals surface area contributed by atoms with Crippen molar-refractivity contribution < 1.29 is 0 Å². The minimum absolute atomic E-state index is 0.102. The van der Waals surface area contributed by atoms with Crippen molar-refractivity contribution >= 4 is 0 Å². The zero-order valence-electron chi connectivity index (χ0n) is 16.2. The van der Waals surface area contributed by atoms with Gasteiger partial charge in [0.05, 0.1) is 12.0 Å². The van der Waals surface area contributed by atoms with Gasteiger partial charge in [-0.25, -0.2) is 4.98 Å². The van der Waals surface area contributed by atoms with Crippen LogP contribution in [-0.4, -0.2) is 58.6 Å². The highest BCUT2D eigenvalue weighted by molar-refractivity contribution is 5.04. The number of likely N-dealkylation sites (tertiary alicyclic amines) is 2. The first-order valence-corrected chi connectivity index (χ1v) is 10.0. The molecule has 5 heteroatoms. The van der Waals surface area contributed by atoms with E-state index in [9.17, 15) is 4.79 Å². The Hall–Kier alpha value is -1.20. The first-order valence-electron chi connectivity index (χ1n) is 10.0. The van der Waals surface area contributed by atoms with Gasteiger partial charge in [-0.15, -0.1) is 0 Å². The molecule has 25 heavy (non-hydrogen) atoms. The predicted octanol–water partition coefficient (Wildman–Crippen LogP) is 2.56. The Balaban J connectivity index is 1.48. The topological polar surface area (TPSA) is 41.4 Å². The van der Waals surface area contributed by atoms with E-state index in [1.54, 1.807) is 17.0 Å². The Bertz CT molecular complexity index is 604. The molecule has 0 N–H and O–H groups in total. The van der Waals surface area contributed by atoms with E-state index < -0.39 is 0 Å². The smallest absolute Gasteiger partial charge is 0.253 e. The molecule has 0 saturated carbocycles. The molecular formula is C20H34N4O. The molecule has 5 nitrogen and oxygen atoms in total. The molecule has 2 aliphatic heterocycles. The molecule has 0 radical (unpaired) electrons. The third-order valence-electron chi connectivity index (χ3n) is 6.04. The average Bonchev–Trinajstić information content (AvgIpc) is 2.60. The quantitative estimate of drug-likeness (QED) is 0.822. The highest BCUT2D eigenvalue weighted by atomic mass is 16.1. The normalized spacial score (nSPS) is 24.1. The van der Waals surface area contributed by atoms with Gasteiger partial charge in [-0.2, -0.15) is 0 Å². The van der Waals surface area contributed by atoms with E-state index >= 15 is 0 Å². The molecule has 0 spiro atoms. The fraction of sp³-hybridized carbons (Fsp3) is 0.800. The molecule has 1 atom stereocenters. The molecule has 0 bridgehead atoms. The molecular weight excluding hydrogens is 312 g/mol. The van der Waals surface area contributed by atoms with Crippen molar-refractivity contribution in [2.45, 2.75) is 64.5 Å². The Morgan fingerprint density at radius 1 is 1.12 bits per heavy atom. The highest BCUT2D eigenvalue weighted by Crippen LogP contribution is 2.22. The van der Waals surface area contributed by atoms with Gasteiger partial charge in [0.2, 0.25) is 0 Å². The lowest BCUT2D eigenvalue weighted by Gasteiger charge is -2.39. The summed E-state index contributed by atoms with van der Waals surface area (Å²) in [5, 5.41) is 0. The zero-order chi connectivity index (χ0) is 17.8. The third-order valence-corrected chi connectivity index (χ3v) is 6.04. The molecule has 1 aromatic rings.